The number of amides is 1. The summed E-state index contributed by atoms with van der Waals surface area (Å²) in [4.78, 5) is 18.1. The molecule has 146 valence electrons. The maximum Gasteiger partial charge on any atom is 0.267 e. The third-order valence-corrected chi connectivity index (χ3v) is 5.21. The van der Waals surface area contributed by atoms with Gasteiger partial charge in [-0.2, -0.15) is 0 Å². The van der Waals surface area contributed by atoms with Crippen molar-refractivity contribution in [3.8, 4) is 11.5 Å². The van der Waals surface area contributed by atoms with E-state index in [1.54, 1.807) is 6.07 Å². The van der Waals surface area contributed by atoms with E-state index in [1.165, 1.54) is 16.9 Å². The molecule has 1 aromatic heterocycles. The fraction of sp³-hybridized carbons (Fsp3) is 0.273. The second kappa shape index (κ2) is 9.37. The van der Waals surface area contributed by atoms with Crippen molar-refractivity contribution in [1.29, 1.82) is 0 Å². The monoisotopic (exact) mass is 396 g/mol. The zero-order valence-electron chi connectivity index (χ0n) is 16.3. The molecule has 0 saturated carbocycles. The highest BCUT2D eigenvalue weighted by molar-refractivity contribution is 7.14. The van der Waals surface area contributed by atoms with E-state index in [4.69, 9.17) is 9.47 Å². The van der Waals surface area contributed by atoms with Crippen LogP contribution in [0.4, 0.5) is 5.69 Å². The van der Waals surface area contributed by atoms with Crippen LogP contribution in [-0.2, 0) is 6.42 Å². The molecule has 6 heteroatoms. The van der Waals surface area contributed by atoms with Crippen LogP contribution in [0.25, 0.3) is 0 Å². The van der Waals surface area contributed by atoms with Crippen LogP contribution in [0.15, 0.2) is 48.5 Å². The Kier molecular flexibility index (Phi) is 6.66. The summed E-state index contributed by atoms with van der Waals surface area (Å²) >= 11 is 1.42. The Morgan fingerprint density at radius 2 is 1.82 bits per heavy atom. The molecule has 3 rings (SSSR count). The van der Waals surface area contributed by atoms with Crippen LogP contribution in [0.1, 0.15) is 39.8 Å². The van der Waals surface area contributed by atoms with Gasteiger partial charge in [0.15, 0.2) is 0 Å². The van der Waals surface area contributed by atoms with Crippen molar-refractivity contribution in [2.45, 2.75) is 27.2 Å². The molecular formula is C22H24N2O3S. The summed E-state index contributed by atoms with van der Waals surface area (Å²) < 4.78 is 11.2. The maximum absolute atomic E-state index is 12.9. The maximum atomic E-state index is 12.9. The van der Waals surface area contributed by atoms with Crippen molar-refractivity contribution in [3.05, 3.63) is 69.7 Å². The minimum absolute atomic E-state index is 0.191. The smallest absolute Gasteiger partial charge is 0.267 e. The van der Waals surface area contributed by atoms with Gasteiger partial charge in [0.25, 0.3) is 5.91 Å². The summed E-state index contributed by atoms with van der Waals surface area (Å²) in [5.41, 5.74) is 2.49. The molecule has 5 nitrogen and oxygen atoms in total. The molecule has 1 amide bonds. The topological polar surface area (TPSA) is 60.5 Å². The van der Waals surface area contributed by atoms with E-state index in [-0.39, 0.29) is 5.91 Å². The molecule has 0 saturated heterocycles. The summed E-state index contributed by atoms with van der Waals surface area (Å²) in [7, 11) is 0. The van der Waals surface area contributed by atoms with Crippen LogP contribution in [0.5, 0.6) is 11.5 Å². The van der Waals surface area contributed by atoms with Gasteiger partial charge in [0.05, 0.1) is 29.6 Å². The van der Waals surface area contributed by atoms with Gasteiger partial charge in [-0.15, -0.1) is 11.3 Å². The lowest BCUT2D eigenvalue weighted by Crippen LogP contribution is -2.13. The summed E-state index contributed by atoms with van der Waals surface area (Å²) in [6, 6.07) is 15.5. The minimum atomic E-state index is -0.191. The Morgan fingerprint density at radius 3 is 2.54 bits per heavy atom. The van der Waals surface area contributed by atoms with Gasteiger partial charge in [0.1, 0.15) is 16.4 Å². The number of aromatic nitrogens is 1. The molecule has 0 spiro atoms. The first-order chi connectivity index (χ1) is 13.6. The highest BCUT2D eigenvalue weighted by Gasteiger charge is 2.18. The fourth-order valence-corrected chi connectivity index (χ4v) is 3.83. The standard InChI is InChI=1S/C22H24N2O3S/c1-4-26-17-11-12-19(27-5-2)18(14-17)24-22(25)21-15(3)23-20(28-21)13-16-9-7-6-8-10-16/h6-12,14H,4-5,13H2,1-3H3,(H,24,25). The average molecular weight is 397 g/mol. The number of anilines is 1. The largest absolute Gasteiger partial charge is 0.494 e. The average Bonchev–Trinajstić information content (AvgIpc) is 3.05. The molecule has 1 N–H and O–H groups in total. The first-order valence-corrected chi connectivity index (χ1v) is 10.1. The number of nitrogens with zero attached hydrogens (tertiary/aromatic N) is 1. The molecule has 3 aromatic rings. The lowest BCUT2D eigenvalue weighted by atomic mass is 10.2. The van der Waals surface area contributed by atoms with Gasteiger partial charge in [-0.05, 0) is 38.5 Å². The van der Waals surface area contributed by atoms with E-state index in [9.17, 15) is 4.79 Å². The van der Waals surface area contributed by atoms with Crippen LogP contribution in [-0.4, -0.2) is 24.1 Å². The molecule has 0 bridgehead atoms. The number of hydrogen-bond donors (Lipinski definition) is 1. The van der Waals surface area contributed by atoms with Gasteiger partial charge in [0.2, 0.25) is 0 Å². The van der Waals surface area contributed by atoms with Crippen molar-refractivity contribution in [1.82, 2.24) is 4.98 Å². The van der Waals surface area contributed by atoms with Crippen LogP contribution in [0, 0.1) is 6.92 Å². The highest BCUT2D eigenvalue weighted by atomic mass is 32.1. The molecule has 28 heavy (non-hydrogen) atoms. The fourth-order valence-electron chi connectivity index (χ4n) is 2.83. The van der Waals surface area contributed by atoms with E-state index in [1.807, 2.05) is 51.1 Å². The summed E-state index contributed by atoms with van der Waals surface area (Å²) in [6.45, 7) is 6.75. The molecule has 0 aliphatic carbocycles. The predicted molar refractivity (Wildman–Crippen MR) is 113 cm³/mol. The van der Waals surface area contributed by atoms with Crippen LogP contribution < -0.4 is 14.8 Å². The van der Waals surface area contributed by atoms with Crippen LogP contribution in [0.2, 0.25) is 0 Å². The summed E-state index contributed by atoms with van der Waals surface area (Å²) in [6.07, 6.45) is 0.712. The lowest BCUT2D eigenvalue weighted by molar-refractivity contribution is 0.102. The number of nitrogens with one attached hydrogen (secondary N) is 1. The summed E-state index contributed by atoms with van der Waals surface area (Å²) in [5, 5.41) is 3.87. The number of hydrogen-bond acceptors (Lipinski definition) is 5. The molecule has 0 atom stereocenters. The van der Waals surface area contributed by atoms with Crippen LogP contribution >= 0.6 is 11.3 Å². The lowest BCUT2D eigenvalue weighted by Gasteiger charge is -2.13. The van der Waals surface area contributed by atoms with E-state index < -0.39 is 0 Å². The van der Waals surface area contributed by atoms with Crippen molar-refractivity contribution >= 4 is 22.9 Å². The zero-order chi connectivity index (χ0) is 19.9. The summed E-state index contributed by atoms with van der Waals surface area (Å²) in [5.74, 6) is 1.11. The molecule has 0 fully saturated rings. The van der Waals surface area contributed by atoms with E-state index in [0.29, 0.717) is 41.7 Å². The Morgan fingerprint density at radius 1 is 1.07 bits per heavy atom. The highest BCUT2D eigenvalue weighted by Crippen LogP contribution is 2.31. The molecule has 0 aliphatic heterocycles. The zero-order valence-corrected chi connectivity index (χ0v) is 17.1. The second-order valence-corrected chi connectivity index (χ2v) is 7.25. The molecule has 2 aromatic carbocycles. The first kappa shape index (κ1) is 19.9. The molecule has 1 heterocycles. The van der Waals surface area contributed by atoms with Crippen molar-refractivity contribution in [3.63, 3.8) is 0 Å². The Hall–Kier alpha value is -2.86. The van der Waals surface area contributed by atoms with Crippen molar-refractivity contribution in [2.24, 2.45) is 0 Å². The van der Waals surface area contributed by atoms with Crippen molar-refractivity contribution < 1.29 is 14.3 Å². The SMILES string of the molecule is CCOc1ccc(OCC)c(NC(=O)c2sc(Cc3ccccc3)nc2C)c1. The van der Waals surface area contributed by atoms with E-state index in [2.05, 4.69) is 22.4 Å². The van der Waals surface area contributed by atoms with Gasteiger partial charge in [-0.25, -0.2) is 4.98 Å². The van der Waals surface area contributed by atoms with E-state index in [0.717, 1.165) is 10.7 Å². The number of thiazole rings is 1. The molecule has 0 aliphatic rings. The first-order valence-electron chi connectivity index (χ1n) is 9.32. The number of aryl methyl sites for hydroxylation is 1. The van der Waals surface area contributed by atoms with Crippen LogP contribution in [0.3, 0.4) is 0 Å². The van der Waals surface area contributed by atoms with Gasteiger partial charge in [-0.3, -0.25) is 4.79 Å². The van der Waals surface area contributed by atoms with Gasteiger partial charge in [0, 0.05) is 12.5 Å². The van der Waals surface area contributed by atoms with Gasteiger partial charge >= 0.3 is 0 Å². The third-order valence-electron chi connectivity index (χ3n) is 4.06. The quantitative estimate of drug-likeness (QED) is 0.576. The third kappa shape index (κ3) is 4.89. The Bertz CT molecular complexity index is 938. The number of carbonyl (C=O) groups excluding carboxylic acids is 1. The number of ether oxygens (including phenoxy) is 2. The number of benzene rings is 2. The second-order valence-electron chi connectivity index (χ2n) is 6.16. The normalized spacial score (nSPS) is 10.5. The van der Waals surface area contributed by atoms with Crippen molar-refractivity contribution in [2.75, 3.05) is 18.5 Å². The molecule has 0 unspecified atom stereocenters. The molecular weight excluding hydrogens is 372 g/mol. The van der Waals surface area contributed by atoms with Gasteiger partial charge < -0.3 is 14.8 Å². The van der Waals surface area contributed by atoms with E-state index >= 15 is 0 Å². The molecule has 0 radical (unpaired) electrons. The Balaban J connectivity index is 1.80. The number of rotatable bonds is 8. The number of carbonyl (C=O) groups is 1. The van der Waals surface area contributed by atoms with Gasteiger partial charge in [-0.1, -0.05) is 30.3 Å². The minimum Gasteiger partial charge on any atom is -0.494 e. The predicted octanol–water partition coefficient (Wildman–Crippen LogP) is 5.09. The Labute approximate surface area is 169 Å².